The lowest BCUT2D eigenvalue weighted by atomic mass is 10.2. The van der Waals surface area contributed by atoms with E-state index in [0.717, 1.165) is 0 Å². The van der Waals surface area contributed by atoms with E-state index in [1.807, 2.05) is 6.92 Å². The number of H-pyrrole nitrogens is 1. The summed E-state index contributed by atoms with van der Waals surface area (Å²) in [6.07, 6.45) is 2.02. The molecule has 26 heavy (non-hydrogen) atoms. The number of nitrogens with one attached hydrogen (secondary N) is 2. The fraction of sp³-hybridized carbons (Fsp3) is 0.176. The number of rotatable bonds is 4. The minimum absolute atomic E-state index is 0.167. The Bertz CT molecular complexity index is 1120. The van der Waals surface area contributed by atoms with Crippen LogP contribution >= 0.6 is 23.2 Å². The van der Waals surface area contributed by atoms with Crippen LogP contribution < -0.4 is 16.6 Å². The van der Waals surface area contributed by atoms with E-state index in [4.69, 9.17) is 23.2 Å². The number of hydrogen-bond acceptors (Lipinski definition) is 4. The Morgan fingerprint density at radius 2 is 2.00 bits per heavy atom. The van der Waals surface area contributed by atoms with Gasteiger partial charge in [0, 0.05) is 18.4 Å². The van der Waals surface area contributed by atoms with Crippen LogP contribution in [-0.4, -0.2) is 20.4 Å². The number of aromatic amines is 1. The van der Waals surface area contributed by atoms with E-state index in [9.17, 15) is 14.4 Å². The van der Waals surface area contributed by atoms with Gasteiger partial charge in [0.1, 0.15) is 5.65 Å². The molecule has 0 aliphatic heterocycles. The molecule has 9 heteroatoms. The number of benzene rings is 1. The first-order valence-electron chi connectivity index (χ1n) is 7.80. The number of carbonyl (C=O) groups excluding carboxylic acids is 1. The summed E-state index contributed by atoms with van der Waals surface area (Å²) in [5, 5.41) is 3.50. The fourth-order valence-electron chi connectivity index (χ4n) is 2.50. The Labute approximate surface area is 157 Å². The van der Waals surface area contributed by atoms with Crippen LogP contribution in [0.5, 0.6) is 0 Å². The van der Waals surface area contributed by atoms with Crippen molar-refractivity contribution in [2.24, 2.45) is 0 Å². The van der Waals surface area contributed by atoms with Crippen LogP contribution in [0.15, 0.2) is 40.1 Å². The summed E-state index contributed by atoms with van der Waals surface area (Å²) in [4.78, 5) is 42.9. The number of hydrogen-bond donors (Lipinski definition) is 2. The zero-order valence-electron chi connectivity index (χ0n) is 13.7. The number of amides is 1. The van der Waals surface area contributed by atoms with Crippen LogP contribution in [0, 0.1) is 0 Å². The summed E-state index contributed by atoms with van der Waals surface area (Å²) in [6, 6.07) is 6.08. The average molecular weight is 393 g/mol. The van der Waals surface area contributed by atoms with Crippen molar-refractivity contribution in [3.05, 3.63) is 66.9 Å². The van der Waals surface area contributed by atoms with Gasteiger partial charge in [0.05, 0.1) is 21.0 Å². The Kier molecular flexibility index (Phi) is 5.11. The maximum atomic E-state index is 12.4. The Morgan fingerprint density at radius 1 is 1.23 bits per heavy atom. The van der Waals surface area contributed by atoms with Crippen molar-refractivity contribution < 1.29 is 4.79 Å². The minimum atomic E-state index is -0.589. The highest BCUT2D eigenvalue weighted by atomic mass is 35.5. The van der Waals surface area contributed by atoms with E-state index in [0.29, 0.717) is 28.7 Å². The quantitative estimate of drug-likeness (QED) is 0.712. The van der Waals surface area contributed by atoms with Crippen LogP contribution in [0.3, 0.4) is 0 Å². The molecule has 0 fully saturated rings. The minimum Gasteiger partial charge on any atom is -0.322 e. The number of anilines is 1. The van der Waals surface area contributed by atoms with Gasteiger partial charge in [-0.05, 0) is 30.7 Å². The number of aryl methyl sites for hydroxylation is 1. The third kappa shape index (κ3) is 3.49. The van der Waals surface area contributed by atoms with Gasteiger partial charge in [-0.25, -0.2) is 9.78 Å². The van der Waals surface area contributed by atoms with E-state index in [1.165, 1.54) is 22.9 Å². The van der Waals surface area contributed by atoms with Gasteiger partial charge in [0.2, 0.25) is 0 Å². The molecule has 2 aromatic heterocycles. The zero-order valence-corrected chi connectivity index (χ0v) is 15.2. The highest BCUT2D eigenvalue weighted by Crippen LogP contribution is 2.25. The van der Waals surface area contributed by atoms with Crippen LogP contribution in [0.4, 0.5) is 5.69 Å². The van der Waals surface area contributed by atoms with E-state index in [1.54, 1.807) is 12.1 Å². The molecule has 0 aliphatic rings. The maximum absolute atomic E-state index is 12.4. The Balaban J connectivity index is 2.00. The van der Waals surface area contributed by atoms with Crippen molar-refractivity contribution in [1.82, 2.24) is 14.5 Å². The van der Waals surface area contributed by atoms with Gasteiger partial charge in [0.25, 0.3) is 11.5 Å². The van der Waals surface area contributed by atoms with Crippen molar-refractivity contribution in [3.8, 4) is 0 Å². The van der Waals surface area contributed by atoms with Gasteiger partial charge < -0.3 is 5.32 Å². The molecule has 0 spiro atoms. The normalized spacial score (nSPS) is 10.9. The summed E-state index contributed by atoms with van der Waals surface area (Å²) >= 11 is 11.8. The Hall–Kier alpha value is -2.64. The summed E-state index contributed by atoms with van der Waals surface area (Å²) in [6.45, 7) is 2.32. The third-order valence-corrected chi connectivity index (χ3v) is 4.46. The predicted molar refractivity (Wildman–Crippen MR) is 101 cm³/mol. The van der Waals surface area contributed by atoms with Crippen molar-refractivity contribution >= 4 is 45.8 Å². The monoisotopic (exact) mass is 392 g/mol. The maximum Gasteiger partial charge on any atom is 0.329 e. The number of carbonyl (C=O) groups is 1. The van der Waals surface area contributed by atoms with E-state index >= 15 is 0 Å². The lowest BCUT2D eigenvalue weighted by Gasteiger charge is -2.09. The van der Waals surface area contributed by atoms with Crippen molar-refractivity contribution in [3.63, 3.8) is 0 Å². The largest absolute Gasteiger partial charge is 0.329 e. The molecule has 134 valence electrons. The molecule has 0 unspecified atom stereocenters. The van der Waals surface area contributed by atoms with Crippen molar-refractivity contribution in [2.75, 3.05) is 5.32 Å². The molecule has 0 bridgehead atoms. The van der Waals surface area contributed by atoms with Gasteiger partial charge in [0.15, 0.2) is 0 Å². The fourth-order valence-corrected chi connectivity index (χ4v) is 2.80. The van der Waals surface area contributed by atoms with Crippen molar-refractivity contribution in [1.29, 1.82) is 0 Å². The highest BCUT2D eigenvalue weighted by Gasteiger charge is 2.13. The van der Waals surface area contributed by atoms with Crippen LogP contribution in [0.1, 0.15) is 23.7 Å². The first-order valence-corrected chi connectivity index (χ1v) is 8.55. The van der Waals surface area contributed by atoms with Crippen LogP contribution in [0.2, 0.25) is 10.0 Å². The van der Waals surface area contributed by atoms with E-state index in [-0.39, 0.29) is 16.6 Å². The molecule has 0 aliphatic carbocycles. The second kappa shape index (κ2) is 7.31. The van der Waals surface area contributed by atoms with E-state index < -0.39 is 17.2 Å². The summed E-state index contributed by atoms with van der Waals surface area (Å²) in [5.41, 5.74) is -0.240. The van der Waals surface area contributed by atoms with Gasteiger partial charge in [-0.15, -0.1) is 0 Å². The zero-order chi connectivity index (χ0) is 18.8. The number of aromatic nitrogens is 3. The molecule has 3 rings (SSSR count). The first kappa shape index (κ1) is 18.2. The average Bonchev–Trinajstić information content (AvgIpc) is 2.61. The standard InChI is InChI=1S/C17H14Cl2N4O3/c1-2-5-23-14-11(16(25)22-17(23)26)6-9(8-20-14)15(24)21-10-3-4-12(18)13(19)7-10/h3-4,6-8H,2,5H2,1H3,(H,21,24)(H,22,25,26). The second-order valence-electron chi connectivity index (χ2n) is 5.59. The predicted octanol–water partition coefficient (Wildman–Crippen LogP) is 3.05. The molecule has 3 aromatic rings. The third-order valence-electron chi connectivity index (χ3n) is 3.72. The topological polar surface area (TPSA) is 96.9 Å². The number of nitrogens with zero attached hydrogens (tertiary/aromatic N) is 2. The SMILES string of the molecule is CCCn1c(=O)[nH]c(=O)c2cc(C(=O)Nc3ccc(Cl)c(Cl)c3)cnc21. The number of halogens is 2. The molecular weight excluding hydrogens is 379 g/mol. The lowest BCUT2D eigenvalue weighted by molar-refractivity contribution is 0.102. The molecule has 0 radical (unpaired) electrons. The molecule has 7 nitrogen and oxygen atoms in total. The first-order chi connectivity index (χ1) is 12.4. The molecular formula is C17H14Cl2N4O3. The van der Waals surface area contributed by atoms with Gasteiger partial charge in [-0.2, -0.15) is 0 Å². The number of fused-ring (bicyclic) bond motifs is 1. The van der Waals surface area contributed by atoms with Gasteiger partial charge in [-0.3, -0.25) is 19.1 Å². The van der Waals surface area contributed by atoms with Crippen LogP contribution in [0.25, 0.3) is 11.0 Å². The molecule has 0 saturated carbocycles. The summed E-state index contributed by atoms with van der Waals surface area (Å²) in [7, 11) is 0. The highest BCUT2D eigenvalue weighted by molar-refractivity contribution is 6.42. The smallest absolute Gasteiger partial charge is 0.322 e. The molecule has 2 heterocycles. The molecule has 0 saturated heterocycles. The molecule has 1 amide bonds. The van der Waals surface area contributed by atoms with Gasteiger partial charge in [-0.1, -0.05) is 30.1 Å². The lowest BCUT2D eigenvalue weighted by Crippen LogP contribution is -2.31. The number of pyridine rings is 1. The molecule has 2 N–H and O–H groups in total. The molecule has 1 aromatic carbocycles. The summed E-state index contributed by atoms with van der Waals surface area (Å²) < 4.78 is 1.37. The van der Waals surface area contributed by atoms with E-state index in [2.05, 4.69) is 15.3 Å². The van der Waals surface area contributed by atoms with Gasteiger partial charge >= 0.3 is 5.69 Å². The van der Waals surface area contributed by atoms with Crippen LogP contribution in [-0.2, 0) is 6.54 Å². The molecule has 0 atom stereocenters. The second-order valence-corrected chi connectivity index (χ2v) is 6.40. The summed E-state index contributed by atoms with van der Waals surface area (Å²) in [5.74, 6) is -0.467. The van der Waals surface area contributed by atoms with Crippen molar-refractivity contribution in [2.45, 2.75) is 19.9 Å². The Morgan fingerprint density at radius 3 is 2.69 bits per heavy atom.